The first-order chi connectivity index (χ1) is 19.2. The largest absolute Gasteiger partial charge is 0.463 e. The van der Waals surface area contributed by atoms with Gasteiger partial charge in [0.15, 0.2) is 12.2 Å². The van der Waals surface area contributed by atoms with E-state index in [-0.39, 0.29) is 45.0 Å². The van der Waals surface area contributed by atoms with E-state index in [2.05, 4.69) is 5.32 Å². The van der Waals surface area contributed by atoms with E-state index in [0.717, 1.165) is 13.8 Å². The van der Waals surface area contributed by atoms with Gasteiger partial charge in [-0.2, -0.15) is 0 Å². The molecule has 15 nitrogen and oxygen atoms in total. The number of carbonyl (C=O) groups is 7. The van der Waals surface area contributed by atoms with E-state index in [1.807, 2.05) is 0 Å². The lowest BCUT2D eigenvalue weighted by Crippen LogP contribution is -2.66. The number of amides is 3. The number of rotatable bonds is 13. The summed E-state index contributed by atoms with van der Waals surface area (Å²) in [5.41, 5.74) is 0. The number of nitrogens with zero attached hydrogens (tertiary/aromatic N) is 1. The van der Waals surface area contributed by atoms with Crippen molar-refractivity contribution in [2.24, 2.45) is 11.8 Å². The van der Waals surface area contributed by atoms with Crippen molar-refractivity contribution in [1.29, 1.82) is 0 Å². The summed E-state index contributed by atoms with van der Waals surface area (Å²) in [6.07, 6.45) is -4.05. The molecular weight excluding hydrogens is 548 g/mol. The molecular formula is C26H38N2O13. The van der Waals surface area contributed by atoms with Crippen LogP contribution < -0.4 is 5.32 Å². The molecule has 2 aliphatic rings. The summed E-state index contributed by atoms with van der Waals surface area (Å²) in [5, 5.41) is 3.17. The van der Waals surface area contributed by atoms with Gasteiger partial charge in [0.05, 0.1) is 18.1 Å². The molecule has 230 valence electrons. The third kappa shape index (κ3) is 10.1. The second kappa shape index (κ2) is 15.4. The van der Waals surface area contributed by atoms with Gasteiger partial charge < -0.3 is 33.8 Å². The number of hydrogen-bond acceptors (Lipinski definition) is 13. The second-order valence-corrected chi connectivity index (χ2v) is 10.0. The van der Waals surface area contributed by atoms with Gasteiger partial charge in [-0.05, 0) is 12.3 Å². The quantitative estimate of drug-likeness (QED) is 0.131. The van der Waals surface area contributed by atoms with Crippen molar-refractivity contribution in [1.82, 2.24) is 10.4 Å². The number of hydroxylamine groups is 2. The van der Waals surface area contributed by atoms with E-state index < -0.39 is 78.0 Å². The maximum atomic E-state index is 12.4. The predicted octanol–water partition coefficient (Wildman–Crippen LogP) is -0.0289. The number of carbonyl (C=O) groups excluding carboxylic acids is 7. The zero-order chi connectivity index (χ0) is 30.9. The SMILES string of the molecule is CC(=O)NC1[C@@H](OC(C)=O)[C@@H](OC(C)=O)C(COC(C)=O)O[C@@H]1CCOCC(C)C(C)C(=O)ON1C(=O)CCC1=O. The van der Waals surface area contributed by atoms with Gasteiger partial charge in [0.25, 0.3) is 11.8 Å². The Labute approximate surface area is 237 Å². The maximum absolute atomic E-state index is 12.4. The van der Waals surface area contributed by atoms with Crippen LogP contribution in [-0.2, 0) is 62.1 Å². The molecule has 41 heavy (non-hydrogen) atoms. The van der Waals surface area contributed by atoms with Gasteiger partial charge in [0, 0.05) is 53.8 Å². The van der Waals surface area contributed by atoms with Crippen LogP contribution in [0.4, 0.5) is 0 Å². The molecule has 0 saturated carbocycles. The maximum Gasteiger partial charge on any atom is 0.336 e. The van der Waals surface area contributed by atoms with Crippen LogP contribution in [0.5, 0.6) is 0 Å². The molecule has 1 N–H and O–H groups in total. The molecule has 7 atom stereocenters. The van der Waals surface area contributed by atoms with Crippen LogP contribution >= 0.6 is 0 Å². The first kappa shape index (κ1) is 33.6. The number of nitrogens with one attached hydrogen (secondary N) is 1. The monoisotopic (exact) mass is 586 g/mol. The summed E-state index contributed by atoms with van der Waals surface area (Å²) < 4.78 is 27.7. The Morgan fingerprint density at radius 3 is 2.02 bits per heavy atom. The van der Waals surface area contributed by atoms with E-state index in [1.165, 1.54) is 13.8 Å². The summed E-state index contributed by atoms with van der Waals surface area (Å²) in [7, 11) is 0. The van der Waals surface area contributed by atoms with Crippen molar-refractivity contribution in [2.75, 3.05) is 19.8 Å². The van der Waals surface area contributed by atoms with Crippen molar-refractivity contribution >= 4 is 41.6 Å². The fourth-order valence-corrected chi connectivity index (χ4v) is 4.35. The fourth-order valence-electron chi connectivity index (χ4n) is 4.35. The molecule has 4 unspecified atom stereocenters. The van der Waals surface area contributed by atoms with Gasteiger partial charge in [-0.3, -0.25) is 28.8 Å². The van der Waals surface area contributed by atoms with Crippen LogP contribution in [0.25, 0.3) is 0 Å². The number of hydrogen-bond donors (Lipinski definition) is 1. The Balaban J connectivity index is 2.08. The molecule has 0 aromatic carbocycles. The Morgan fingerprint density at radius 2 is 1.49 bits per heavy atom. The summed E-state index contributed by atoms with van der Waals surface area (Å²) in [4.78, 5) is 88.1. The highest BCUT2D eigenvalue weighted by Gasteiger charge is 2.50. The molecule has 0 bridgehead atoms. The molecule has 3 amide bonds. The molecule has 2 saturated heterocycles. The van der Waals surface area contributed by atoms with E-state index in [0.29, 0.717) is 5.06 Å². The third-order valence-electron chi connectivity index (χ3n) is 6.56. The van der Waals surface area contributed by atoms with Crippen molar-refractivity contribution < 1.29 is 62.1 Å². The lowest BCUT2D eigenvalue weighted by molar-refractivity contribution is -0.225. The molecule has 0 radical (unpaired) electrons. The Hall–Kier alpha value is -3.59. The van der Waals surface area contributed by atoms with E-state index in [1.54, 1.807) is 13.8 Å². The van der Waals surface area contributed by atoms with Crippen molar-refractivity contribution in [3.05, 3.63) is 0 Å². The number of ether oxygens (including phenoxy) is 5. The van der Waals surface area contributed by atoms with E-state index in [4.69, 9.17) is 28.5 Å². The molecule has 2 rings (SSSR count). The molecule has 0 aliphatic carbocycles. The van der Waals surface area contributed by atoms with Crippen LogP contribution in [0.1, 0.15) is 60.8 Å². The lowest BCUT2D eigenvalue weighted by atomic mass is 9.90. The molecule has 2 heterocycles. The van der Waals surface area contributed by atoms with Crippen molar-refractivity contribution in [3.63, 3.8) is 0 Å². The van der Waals surface area contributed by atoms with E-state index >= 15 is 0 Å². The van der Waals surface area contributed by atoms with Gasteiger partial charge in [0.1, 0.15) is 12.7 Å². The molecule has 0 aromatic rings. The first-order valence-electron chi connectivity index (χ1n) is 13.3. The Kier molecular flexibility index (Phi) is 12.6. The number of esters is 3. The average Bonchev–Trinajstić information content (AvgIpc) is 3.19. The van der Waals surface area contributed by atoms with Gasteiger partial charge in [-0.25, -0.2) is 4.79 Å². The number of imide groups is 1. The molecule has 0 aromatic heterocycles. The lowest BCUT2D eigenvalue weighted by Gasteiger charge is -2.45. The van der Waals surface area contributed by atoms with Gasteiger partial charge >= 0.3 is 23.9 Å². The normalized spacial score (nSPS) is 25.6. The van der Waals surface area contributed by atoms with E-state index in [9.17, 15) is 33.6 Å². The van der Waals surface area contributed by atoms with Gasteiger partial charge in [-0.15, -0.1) is 5.06 Å². The molecule has 0 spiro atoms. The Morgan fingerprint density at radius 1 is 0.902 bits per heavy atom. The fraction of sp³-hybridized carbons (Fsp3) is 0.731. The minimum Gasteiger partial charge on any atom is -0.463 e. The smallest absolute Gasteiger partial charge is 0.336 e. The van der Waals surface area contributed by atoms with Crippen LogP contribution in [0, 0.1) is 11.8 Å². The minimum atomic E-state index is -1.19. The zero-order valence-corrected chi connectivity index (χ0v) is 24.0. The van der Waals surface area contributed by atoms with Gasteiger partial charge in [0.2, 0.25) is 5.91 Å². The topological polar surface area (TPSA) is 190 Å². The van der Waals surface area contributed by atoms with Crippen LogP contribution in [0.15, 0.2) is 0 Å². The zero-order valence-electron chi connectivity index (χ0n) is 24.0. The van der Waals surface area contributed by atoms with Crippen LogP contribution in [0.2, 0.25) is 0 Å². The summed E-state index contributed by atoms with van der Waals surface area (Å²) in [6.45, 7) is 7.93. The Bertz CT molecular complexity index is 999. The predicted molar refractivity (Wildman–Crippen MR) is 135 cm³/mol. The highest BCUT2D eigenvalue weighted by atomic mass is 16.7. The molecule has 2 aliphatic heterocycles. The van der Waals surface area contributed by atoms with Gasteiger partial charge in [-0.1, -0.05) is 13.8 Å². The summed E-state index contributed by atoms with van der Waals surface area (Å²) in [6, 6.07) is -0.945. The molecule has 2 fully saturated rings. The standard InChI is InChI=1S/C26H38N2O13/c1-13(14(2)26(35)41-28-21(33)7-8-22(28)34)11-36-10-9-19-23(27-15(3)29)25(39-18(6)32)24(38-17(5)31)20(40-19)12-37-16(4)30/h13-14,19-20,23-25H,7-12H2,1-6H3,(H,27,29)/t13?,14?,19-,20?,23?,24+,25-/m1/s1. The van der Waals surface area contributed by atoms with Crippen molar-refractivity contribution in [2.45, 2.75) is 91.3 Å². The third-order valence-corrected chi connectivity index (χ3v) is 6.56. The molecule has 15 heteroatoms. The van der Waals surface area contributed by atoms with Crippen LogP contribution in [-0.4, -0.2) is 96.9 Å². The first-order valence-corrected chi connectivity index (χ1v) is 13.3. The summed E-state index contributed by atoms with van der Waals surface area (Å²) >= 11 is 0. The summed E-state index contributed by atoms with van der Waals surface area (Å²) in [5.74, 6) is -5.44. The van der Waals surface area contributed by atoms with Crippen molar-refractivity contribution in [3.8, 4) is 0 Å². The average molecular weight is 587 g/mol. The second-order valence-electron chi connectivity index (χ2n) is 10.0. The van der Waals surface area contributed by atoms with Crippen LogP contribution in [0.3, 0.4) is 0 Å². The highest BCUT2D eigenvalue weighted by molar-refractivity contribution is 6.01. The highest BCUT2D eigenvalue weighted by Crippen LogP contribution is 2.29. The minimum absolute atomic E-state index is 0.0104.